The van der Waals surface area contributed by atoms with Crippen LogP contribution in [0.5, 0.6) is 0 Å². The Kier molecular flexibility index (Phi) is 3.09. The van der Waals surface area contributed by atoms with Gasteiger partial charge in [-0.2, -0.15) is 0 Å². The van der Waals surface area contributed by atoms with E-state index in [2.05, 4.69) is 13.8 Å². The molecule has 0 aliphatic carbocycles. The summed E-state index contributed by atoms with van der Waals surface area (Å²) in [4.78, 5) is 13.2. The van der Waals surface area contributed by atoms with Crippen molar-refractivity contribution >= 4 is 5.91 Å². The van der Waals surface area contributed by atoms with Crippen molar-refractivity contribution in [2.24, 2.45) is 5.73 Å². The molecule has 3 heteroatoms. The Morgan fingerprint density at radius 2 is 2.42 bits per heavy atom. The van der Waals surface area contributed by atoms with E-state index in [1.54, 1.807) is 0 Å². The van der Waals surface area contributed by atoms with Crippen LogP contribution >= 0.6 is 0 Å². The van der Waals surface area contributed by atoms with Crippen molar-refractivity contribution in [1.82, 2.24) is 4.90 Å². The molecule has 1 aliphatic rings. The van der Waals surface area contributed by atoms with Gasteiger partial charge in [0.1, 0.15) is 0 Å². The molecule has 0 aromatic rings. The van der Waals surface area contributed by atoms with E-state index >= 15 is 0 Å². The van der Waals surface area contributed by atoms with Crippen molar-refractivity contribution in [2.75, 3.05) is 6.54 Å². The van der Waals surface area contributed by atoms with E-state index in [1.807, 2.05) is 4.90 Å². The van der Waals surface area contributed by atoms with Crippen LogP contribution < -0.4 is 5.73 Å². The molecule has 1 aliphatic heterocycles. The van der Waals surface area contributed by atoms with Gasteiger partial charge in [-0.3, -0.25) is 4.79 Å². The third-order valence-electron chi connectivity index (χ3n) is 2.58. The number of carbonyl (C=O) groups is 1. The smallest absolute Gasteiger partial charge is 0.222 e. The molecule has 3 nitrogen and oxygen atoms in total. The van der Waals surface area contributed by atoms with Gasteiger partial charge < -0.3 is 10.6 Å². The molecule has 2 N–H and O–H groups in total. The van der Waals surface area contributed by atoms with Crippen LogP contribution in [0, 0.1) is 0 Å². The first-order valence-corrected chi connectivity index (χ1v) is 4.70. The quantitative estimate of drug-likeness (QED) is 0.679. The second-order valence-corrected chi connectivity index (χ2v) is 3.60. The van der Waals surface area contributed by atoms with Gasteiger partial charge in [-0.25, -0.2) is 0 Å². The minimum atomic E-state index is 0.148. The SMILES string of the molecule is CCC(N)CN1C(=O)CCC1C. The summed E-state index contributed by atoms with van der Waals surface area (Å²) in [5.74, 6) is 0.270. The third kappa shape index (κ3) is 1.97. The van der Waals surface area contributed by atoms with Gasteiger partial charge in [-0.1, -0.05) is 6.92 Å². The molecule has 1 amide bonds. The summed E-state index contributed by atoms with van der Waals surface area (Å²) >= 11 is 0. The topological polar surface area (TPSA) is 46.3 Å². The molecule has 0 radical (unpaired) electrons. The van der Waals surface area contributed by atoms with Crippen molar-refractivity contribution in [3.8, 4) is 0 Å². The molecule has 1 saturated heterocycles. The summed E-state index contributed by atoms with van der Waals surface area (Å²) in [7, 11) is 0. The average molecular weight is 170 g/mol. The van der Waals surface area contributed by atoms with E-state index < -0.39 is 0 Å². The van der Waals surface area contributed by atoms with Crippen LogP contribution in [0.4, 0.5) is 0 Å². The van der Waals surface area contributed by atoms with Crippen molar-refractivity contribution in [1.29, 1.82) is 0 Å². The van der Waals surface area contributed by atoms with Crippen LogP contribution in [0.2, 0.25) is 0 Å². The number of hydrogen-bond donors (Lipinski definition) is 1. The predicted octanol–water partition coefficient (Wildman–Crippen LogP) is 0.735. The lowest BCUT2D eigenvalue weighted by molar-refractivity contribution is -0.129. The van der Waals surface area contributed by atoms with Gasteiger partial charge in [-0.15, -0.1) is 0 Å². The number of nitrogens with zero attached hydrogens (tertiary/aromatic N) is 1. The Bertz CT molecular complexity index is 170. The minimum Gasteiger partial charge on any atom is -0.338 e. The lowest BCUT2D eigenvalue weighted by atomic mass is 10.2. The summed E-state index contributed by atoms with van der Waals surface area (Å²) in [5, 5.41) is 0. The summed E-state index contributed by atoms with van der Waals surface area (Å²) in [6.45, 7) is 4.87. The fraction of sp³-hybridized carbons (Fsp3) is 0.889. The standard InChI is InChI=1S/C9H18N2O/c1-3-8(10)6-11-7(2)4-5-9(11)12/h7-8H,3-6,10H2,1-2H3. The lowest BCUT2D eigenvalue weighted by Crippen LogP contribution is -2.41. The van der Waals surface area contributed by atoms with E-state index in [9.17, 15) is 4.79 Å². The zero-order valence-electron chi connectivity index (χ0n) is 7.92. The highest BCUT2D eigenvalue weighted by Gasteiger charge is 2.27. The molecule has 1 fully saturated rings. The molecule has 1 heterocycles. The Balaban J connectivity index is 2.44. The fourth-order valence-corrected chi connectivity index (χ4v) is 1.54. The highest BCUT2D eigenvalue weighted by atomic mass is 16.2. The fourth-order valence-electron chi connectivity index (χ4n) is 1.54. The van der Waals surface area contributed by atoms with Crippen molar-refractivity contribution in [3.05, 3.63) is 0 Å². The molecule has 2 unspecified atom stereocenters. The van der Waals surface area contributed by atoms with Crippen LogP contribution in [0.1, 0.15) is 33.1 Å². The van der Waals surface area contributed by atoms with Gasteiger partial charge in [0.15, 0.2) is 0 Å². The number of rotatable bonds is 3. The number of hydrogen-bond acceptors (Lipinski definition) is 2. The van der Waals surface area contributed by atoms with Crippen LogP contribution in [0.25, 0.3) is 0 Å². The largest absolute Gasteiger partial charge is 0.338 e. The van der Waals surface area contributed by atoms with E-state index in [-0.39, 0.29) is 11.9 Å². The minimum absolute atomic E-state index is 0.148. The number of carbonyl (C=O) groups excluding carboxylic acids is 1. The first-order valence-electron chi connectivity index (χ1n) is 4.70. The molecule has 0 aromatic carbocycles. The Labute approximate surface area is 73.9 Å². The number of amides is 1. The van der Waals surface area contributed by atoms with E-state index in [0.29, 0.717) is 12.5 Å². The lowest BCUT2D eigenvalue weighted by Gasteiger charge is -2.24. The second-order valence-electron chi connectivity index (χ2n) is 3.60. The maximum atomic E-state index is 11.3. The van der Waals surface area contributed by atoms with Gasteiger partial charge >= 0.3 is 0 Å². The Morgan fingerprint density at radius 1 is 1.75 bits per heavy atom. The van der Waals surface area contributed by atoms with E-state index in [0.717, 1.165) is 19.4 Å². The third-order valence-corrected chi connectivity index (χ3v) is 2.58. The summed E-state index contributed by atoms with van der Waals surface area (Å²) in [5.41, 5.74) is 5.78. The average Bonchev–Trinajstić information content (AvgIpc) is 2.35. The molecule has 0 bridgehead atoms. The molecule has 0 spiro atoms. The first-order chi connectivity index (χ1) is 5.65. The van der Waals surface area contributed by atoms with Crippen LogP contribution in [-0.2, 0) is 4.79 Å². The molecule has 0 aromatic heterocycles. The number of likely N-dealkylation sites (tertiary alicyclic amines) is 1. The zero-order chi connectivity index (χ0) is 9.14. The summed E-state index contributed by atoms with van der Waals surface area (Å²) in [6.07, 6.45) is 2.64. The van der Waals surface area contributed by atoms with Crippen molar-refractivity contribution in [3.63, 3.8) is 0 Å². The Morgan fingerprint density at radius 3 is 2.83 bits per heavy atom. The van der Waals surface area contributed by atoms with Gasteiger partial charge in [0, 0.05) is 25.0 Å². The predicted molar refractivity (Wildman–Crippen MR) is 48.7 cm³/mol. The van der Waals surface area contributed by atoms with Crippen LogP contribution in [0.15, 0.2) is 0 Å². The molecule has 12 heavy (non-hydrogen) atoms. The maximum Gasteiger partial charge on any atom is 0.222 e. The normalized spacial score (nSPS) is 26.4. The first kappa shape index (κ1) is 9.52. The highest BCUT2D eigenvalue weighted by Crippen LogP contribution is 2.17. The summed E-state index contributed by atoms with van der Waals surface area (Å²) in [6, 6.07) is 0.546. The van der Waals surface area contributed by atoms with E-state index in [4.69, 9.17) is 5.73 Å². The van der Waals surface area contributed by atoms with Gasteiger partial charge in [0.25, 0.3) is 0 Å². The van der Waals surface area contributed by atoms with Crippen molar-refractivity contribution < 1.29 is 4.79 Å². The number of nitrogens with two attached hydrogens (primary N) is 1. The highest BCUT2D eigenvalue weighted by molar-refractivity contribution is 5.78. The Hall–Kier alpha value is -0.570. The van der Waals surface area contributed by atoms with E-state index in [1.165, 1.54) is 0 Å². The molecular weight excluding hydrogens is 152 g/mol. The monoisotopic (exact) mass is 170 g/mol. The molecule has 70 valence electrons. The molecule has 2 atom stereocenters. The molecule has 0 saturated carbocycles. The van der Waals surface area contributed by atoms with Gasteiger partial charge in [0.2, 0.25) is 5.91 Å². The maximum absolute atomic E-state index is 11.3. The van der Waals surface area contributed by atoms with Crippen LogP contribution in [-0.4, -0.2) is 29.4 Å². The summed E-state index contributed by atoms with van der Waals surface area (Å²) < 4.78 is 0. The second kappa shape index (κ2) is 3.90. The van der Waals surface area contributed by atoms with Gasteiger partial charge in [-0.05, 0) is 19.8 Å². The van der Waals surface area contributed by atoms with Gasteiger partial charge in [0.05, 0.1) is 0 Å². The van der Waals surface area contributed by atoms with Crippen LogP contribution in [0.3, 0.4) is 0 Å². The van der Waals surface area contributed by atoms with Crippen molar-refractivity contribution in [2.45, 2.75) is 45.2 Å². The zero-order valence-corrected chi connectivity index (χ0v) is 7.92. The molecule has 1 rings (SSSR count). The molecular formula is C9H18N2O.